The number of benzene rings is 1. The lowest BCUT2D eigenvalue weighted by molar-refractivity contribution is -0.147. The van der Waals surface area contributed by atoms with Crippen molar-refractivity contribution in [2.75, 3.05) is 13.2 Å². The molecule has 1 unspecified atom stereocenters. The monoisotopic (exact) mass is 314 g/mol. The molecule has 0 aliphatic heterocycles. The number of rotatable bonds is 6. The second kappa shape index (κ2) is 7.19. The van der Waals surface area contributed by atoms with Crippen LogP contribution in [0.3, 0.4) is 0 Å². The molecule has 0 fully saturated rings. The molecule has 7 nitrogen and oxygen atoms in total. The third kappa shape index (κ3) is 5.16. The van der Waals surface area contributed by atoms with Gasteiger partial charge in [-0.25, -0.2) is 13.6 Å². The molecule has 3 N–H and O–H groups in total. The van der Waals surface area contributed by atoms with Gasteiger partial charge in [0.1, 0.15) is 0 Å². The first-order valence-corrected chi connectivity index (χ1v) is 7.88. The predicted molar refractivity (Wildman–Crippen MR) is 75.9 cm³/mol. The minimum absolute atomic E-state index is 0.0704. The minimum Gasteiger partial charge on any atom is -0.466 e. The molecule has 0 bridgehead atoms. The zero-order valence-corrected chi connectivity index (χ0v) is 12.6. The average Bonchev–Trinajstić information content (AvgIpc) is 2.43. The number of hydrogen-bond donors (Lipinski definition) is 2. The normalized spacial score (nSPS) is 12.5. The molecule has 0 saturated carbocycles. The highest BCUT2D eigenvalue weighted by atomic mass is 32.2. The van der Waals surface area contributed by atoms with E-state index >= 15 is 0 Å². The average molecular weight is 314 g/mol. The van der Waals surface area contributed by atoms with E-state index in [2.05, 4.69) is 5.32 Å². The summed E-state index contributed by atoms with van der Waals surface area (Å²) in [6.45, 7) is 3.76. The fourth-order valence-electron chi connectivity index (χ4n) is 1.51. The number of carbonyl (C=O) groups excluding carboxylic acids is 2. The van der Waals surface area contributed by atoms with Crippen molar-refractivity contribution in [3.63, 3.8) is 0 Å². The first-order chi connectivity index (χ1) is 9.75. The Kier molecular flexibility index (Phi) is 5.86. The number of amides is 1. The molecule has 21 heavy (non-hydrogen) atoms. The smallest absolute Gasteiger partial charge is 0.310 e. The van der Waals surface area contributed by atoms with Gasteiger partial charge in [-0.05, 0) is 31.2 Å². The molecular formula is C13H18N2O5S. The SMILES string of the molecule is CCOC(=O)C(C)CNC(=O)c1ccc(S(N)(=O)=O)cc1. The highest BCUT2D eigenvalue weighted by molar-refractivity contribution is 7.89. The number of nitrogens with two attached hydrogens (primary N) is 1. The Labute approximate surface area is 123 Å². The summed E-state index contributed by atoms with van der Waals surface area (Å²) in [5.41, 5.74) is 0.276. The summed E-state index contributed by atoms with van der Waals surface area (Å²) < 4.78 is 27.0. The second-order valence-corrected chi connectivity index (χ2v) is 5.99. The molecule has 1 rings (SSSR count). The molecular weight excluding hydrogens is 296 g/mol. The molecule has 0 aliphatic rings. The summed E-state index contributed by atoms with van der Waals surface area (Å²) in [7, 11) is -3.78. The summed E-state index contributed by atoms with van der Waals surface area (Å²) in [4.78, 5) is 23.2. The standard InChI is InChI=1S/C13H18N2O5S/c1-3-20-13(17)9(2)8-15-12(16)10-4-6-11(7-5-10)21(14,18)19/h4-7,9H,3,8H2,1-2H3,(H,15,16)(H2,14,18,19). The van der Waals surface area contributed by atoms with Gasteiger partial charge in [0.15, 0.2) is 0 Å². The molecule has 1 aromatic carbocycles. The topological polar surface area (TPSA) is 116 Å². The third-order valence-electron chi connectivity index (χ3n) is 2.70. The lowest BCUT2D eigenvalue weighted by atomic mass is 10.1. The number of sulfonamides is 1. The number of nitrogens with one attached hydrogen (secondary N) is 1. The van der Waals surface area contributed by atoms with Gasteiger partial charge in [0, 0.05) is 12.1 Å². The first-order valence-electron chi connectivity index (χ1n) is 6.33. The van der Waals surface area contributed by atoms with Crippen LogP contribution in [0.5, 0.6) is 0 Å². The zero-order valence-electron chi connectivity index (χ0n) is 11.8. The van der Waals surface area contributed by atoms with E-state index < -0.39 is 21.8 Å². The molecule has 0 radical (unpaired) electrons. The maximum Gasteiger partial charge on any atom is 0.310 e. The first kappa shape index (κ1) is 17.1. The Morgan fingerprint density at radius 3 is 2.33 bits per heavy atom. The van der Waals surface area contributed by atoms with E-state index in [1.54, 1.807) is 13.8 Å². The van der Waals surface area contributed by atoms with Gasteiger partial charge in [-0.3, -0.25) is 9.59 Å². The lowest BCUT2D eigenvalue weighted by Gasteiger charge is -2.11. The van der Waals surface area contributed by atoms with E-state index in [4.69, 9.17) is 9.88 Å². The fourth-order valence-corrected chi connectivity index (χ4v) is 2.03. The van der Waals surface area contributed by atoms with Crippen LogP contribution in [-0.2, 0) is 19.6 Å². The Balaban J connectivity index is 2.62. The summed E-state index contributed by atoms with van der Waals surface area (Å²) in [5, 5.41) is 7.54. The van der Waals surface area contributed by atoms with Gasteiger partial charge in [-0.1, -0.05) is 6.92 Å². The largest absolute Gasteiger partial charge is 0.466 e. The van der Waals surface area contributed by atoms with Gasteiger partial charge in [-0.15, -0.1) is 0 Å². The van der Waals surface area contributed by atoms with Gasteiger partial charge < -0.3 is 10.1 Å². The minimum atomic E-state index is -3.78. The van der Waals surface area contributed by atoms with Crippen LogP contribution in [0.25, 0.3) is 0 Å². The molecule has 0 saturated heterocycles. The fraction of sp³-hybridized carbons (Fsp3) is 0.385. The van der Waals surface area contributed by atoms with Crippen molar-refractivity contribution in [2.24, 2.45) is 11.1 Å². The van der Waals surface area contributed by atoms with Crippen molar-refractivity contribution in [2.45, 2.75) is 18.7 Å². The molecule has 1 atom stereocenters. The Hall–Kier alpha value is -1.93. The van der Waals surface area contributed by atoms with Gasteiger partial charge in [0.2, 0.25) is 10.0 Å². The van der Waals surface area contributed by atoms with Crippen LogP contribution in [0.15, 0.2) is 29.2 Å². The van der Waals surface area contributed by atoms with Crippen LogP contribution >= 0.6 is 0 Å². The van der Waals surface area contributed by atoms with E-state index in [1.807, 2.05) is 0 Å². The summed E-state index contributed by atoms with van der Waals surface area (Å²) in [6.07, 6.45) is 0. The van der Waals surface area contributed by atoms with Crippen LogP contribution < -0.4 is 10.5 Å². The molecule has 116 valence electrons. The number of esters is 1. The number of hydrogen-bond acceptors (Lipinski definition) is 5. The van der Waals surface area contributed by atoms with Crippen molar-refractivity contribution in [1.82, 2.24) is 5.32 Å². The van der Waals surface area contributed by atoms with E-state index in [0.717, 1.165) is 0 Å². The van der Waals surface area contributed by atoms with Crippen LogP contribution in [0.4, 0.5) is 0 Å². The number of ether oxygens (including phenoxy) is 1. The Bertz CT molecular complexity index is 610. The molecule has 1 amide bonds. The second-order valence-electron chi connectivity index (χ2n) is 4.43. The number of carbonyl (C=O) groups is 2. The predicted octanol–water partition coefficient (Wildman–Crippen LogP) is 0.263. The third-order valence-corrected chi connectivity index (χ3v) is 3.63. The van der Waals surface area contributed by atoms with E-state index in [1.165, 1.54) is 24.3 Å². The molecule has 1 aromatic rings. The quantitative estimate of drug-likeness (QED) is 0.731. The Morgan fingerprint density at radius 2 is 1.86 bits per heavy atom. The van der Waals surface area contributed by atoms with Crippen molar-refractivity contribution < 1.29 is 22.7 Å². The lowest BCUT2D eigenvalue weighted by Crippen LogP contribution is -2.32. The maximum atomic E-state index is 11.8. The maximum absolute atomic E-state index is 11.8. The van der Waals surface area contributed by atoms with E-state index in [-0.39, 0.29) is 29.6 Å². The molecule has 0 spiro atoms. The summed E-state index contributed by atoms with van der Waals surface area (Å²) in [6, 6.07) is 5.20. The van der Waals surface area contributed by atoms with Crippen molar-refractivity contribution in [3.05, 3.63) is 29.8 Å². The van der Waals surface area contributed by atoms with Crippen molar-refractivity contribution in [3.8, 4) is 0 Å². The number of primary sulfonamides is 1. The van der Waals surface area contributed by atoms with Crippen LogP contribution in [-0.4, -0.2) is 33.4 Å². The highest BCUT2D eigenvalue weighted by Crippen LogP contribution is 2.09. The van der Waals surface area contributed by atoms with Gasteiger partial charge >= 0.3 is 5.97 Å². The van der Waals surface area contributed by atoms with Gasteiger partial charge in [0.05, 0.1) is 17.4 Å². The highest BCUT2D eigenvalue weighted by Gasteiger charge is 2.16. The molecule has 0 aliphatic carbocycles. The Morgan fingerprint density at radius 1 is 1.29 bits per heavy atom. The summed E-state index contributed by atoms with van der Waals surface area (Å²) in [5.74, 6) is -1.26. The zero-order chi connectivity index (χ0) is 16.0. The van der Waals surface area contributed by atoms with Crippen molar-refractivity contribution in [1.29, 1.82) is 0 Å². The van der Waals surface area contributed by atoms with Crippen LogP contribution in [0, 0.1) is 5.92 Å². The molecule has 0 aromatic heterocycles. The van der Waals surface area contributed by atoms with Gasteiger partial charge in [0.25, 0.3) is 5.91 Å². The van der Waals surface area contributed by atoms with Crippen LogP contribution in [0.2, 0.25) is 0 Å². The summed E-state index contributed by atoms with van der Waals surface area (Å²) >= 11 is 0. The van der Waals surface area contributed by atoms with Crippen molar-refractivity contribution >= 4 is 21.9 Å². The van der Waals surface area contributed by atoms with Crippen LogP contribution in [0.1, 0.15) is 24.2 Å². The van der Waals surface area contributed by atoms with E-state index in [0.29, 0.717) is 0 Å². The molecule has 8 heteroatoms. The molecule has 0 heterocycles. The van der Waals surface area contributed by atoms with E-state index in [9.17, 15) is 18.0 Å². The van der Waals surface area contributed by atoms with Gasteiger partial charge in [-0.2, -0.15) is 0 Å².